The van der Waals surface area contributed by atoms with Gasteiger partial charge in [-0.2, -0.15) is 5.26 Å². The average Bonchev–Trinajstić information content (AvgIpc) is 3.43. The molecule has 7 aromatic carbocycles. The standard InChI is InChI=1S/C38H23N3/c39-24-35-40-32-21-11-12-22-33(32)41(35)34-23-31(25-13-3-1-4-14-25)37-29-19-9-7-17-27(29)28-18-8-10-20-30(28)38(37)36(34)26-15-5-2-6-16-26/h1-23H. The molecule has 0 unspecified atom stereocenters. The molecule has 8 aromatic rings. The van der Waals surface area contributed by atoms with Crippen LogP contribution in [0.15, 0.2) is 140 Å². The van der Waals surface area contributed by atoms with Crippen molar-refractivity contribution in [3.8, 4) is 34.0 Å². The molecule has 0 saturated heterocycles. The number of hydrogen-bond donors (Lipinski definition) is 0. The van der Waals surface area contributed by atoms with Crippen LogP contribution in [-0.4, -0.2) is 9.55 Å². The van der Waals surface area contributed by atoms with Gasteiger partial charge in [-0.3, -0.25) is 4.57 Å². The smallest absolute Gasteiger partial charge is 0.218 e. The summed E-state index contributed by atoms with van der Waals surface area (Å²) in [7, 11) is 0. The van der Waals surface area contributed by atoms with Crippen molar-refractivity contribution in [2.45, 2.75) is 0 Å². The van der Waals surface area contributed by atoms with Gasteiger partial charge in [-0.25, -0.2) is 4.98 Å². The zero-order valence-electron chi connectivity index (χ0n) is 22.1. The first-order chi connectivity index (χ1) is 20.3. The molecule has 190 valence electrons. The molecule has 0 bridgehead atoms. The van der Waals surface area contributed by atoms with Crippen molar-refractivity contribution in [3.63, 3.8) is 0 Å². The van der Waals surface area contributed by atoms with E-state index in [1.54, 1.807) is 0 Å². The van der Waals surface area contributed by atoms with E-state index in [1.807, 2.05) is 34.9 Å². The lowest BCUT2D eigenvalue weighted by Crippen LogP contribution is -2.03. The molecular weight excluding hydrogens is 498 g/mol. The molecule has 0 aliphatic carbocycles. The van der Waals surface area contributed by atoms with Gasteiger partial charge in [0.05, 0.1) is 16.7 Å². The molecule has 0 amide bonds. The molecule has 1 heterocycles. The Labute approximate surface area is 237 Å². The number of imidazole rings is 1. The zero-order chi connectivity index (χ0) is 27.3. The first-order valence-corrected chi connectivity index (χ1v) is 13.7. The van der Waals surface area contributed by atoms with Gasteiger partial charge < -0.3 is 0 Å². The topological polar surface area (TPSA) is 41.6 Å². The van der Waals surface area contributed by atoms with Crippen LogP contribution in [0, 0.1) is 11.3 Å². The van der Waals surface area contributed by atoms with Gasteiger partial charge in [0.15, 0.2) is 0 Å². The number of para-hydroxylation sites is 2. The van der Waals surface area contributed by atoms with Gasteiger partial charge in [-0.1, -0.05) is 121 Å². The van der Waals surface area contributed by atoms with E-state index in [0.717, 1.165) is 39.0 Å². The molecule has 8 rings (SSSR count). The van der Waals surface area contributed by atoms with Crippen molar-refractivity contribution >= 4 is 43.4 Å². The zero-order valence-corrected chi connectivity index (χ0v) is 22.1. The number of fused-ring (bicyclic) bond motifs is 7. The second-order valence-corrected chi connectivity index (χ2v) is 10.3. The number of rotatable bonds is 3. The number of aromatic nitrogens is 2. The van der Waals surface area contributed by atoms with Crippen molar-refractivity contribution in [1.82, 2.24) is 9.55 Å². The van der Waals surface area contributed by atoms with E-state index < -0.39 is 0 Å². The quantitative estimate of drug-likeness (QED) is 0.217. The molecule has 0 N–H and O–H groups in total. The Morgan fingerprint density at radius 3 is 1.73 bits per heavy atom. The summed E-state index contributed by atoms with van der Waals surface area (Å²) in [6.07, 6.45) is 0. The van der Waals surface area contributed by atoms with Crippen LogP contribution in [0.3, 0.4) is 0 Å². The van der Waals surface area contributed by atoms with Crippen molar-refractivity contribution in [2.75, 3.05) is 0 Å². The summed E-state index contributed by atoms with van der Waals surface area (Å²) in [4.78, 5) is 4.74. The minimum absolute atomic E-state index is 0.367. The van der Waals surface area contributed by atoms with Crippen LogP contribution in [0.5, 0.6) is 0 Å². The second kappa shape index (κ2) is 9.19. The highest BCUT2D eigenvalue weighted by Gasteiger charge is 2.23. The largest absolute Gasteiger partial charge is 0.283 e. The number of nitriles is 1. The molecule has 3 heteroatoms. The highest BCUT2D eigenvalue weighted by Crippen LogP contribution is 2.47. The number of hydrogen-bond acceptors (Lipinski definition) is 2. The summed E-state index contributed by atoms with van der Waals surface area (Å²) >= 11 is 0. The van der Waals surface area contributed by atoms with Crippen molar-refractivity contribution in [3.05, 3.63) is 145 Å². The molecule has 0 fully saturated rings. The second-order valence-electron chi connectivity index (χ2n) is 10.3. The van der Waals surface area contributed by atoms with E-state index in [4.69, 9.17) is 4.98 Å². The fourth-order valence-corrected chi connectivity index (χ4v) is 6.35. The highest BCUT2D eigenvalue weighted by molar-refractivity contribution is 6.32. The summed E-state index contributed by atoms with van der Waals surface area (Å²) < 4.78 is 2.04. The normalized spacial score (nSPS) is 11.4. The lowest BCUT2D eigenvalue weighted by Gasteiger charge is -2.22. The Bertz CT molecular complexity index is 2310. The molecule has 0 saturated carbocycles. The fraction of sp³-hybridized carbons (Fsp3) is 0. The molecule has 1 aromatic heterocycles. The van der Waals surface area contributed by atoms with Gasteiger partial charge in [0, 0.05) is 10.9 Å². The third kappa shape index (κ3) is 3.48. The Morgan fingerprint density at radius 1 is 0.537 bits per heavy atom. The molecule has 3 nitrogen and oxygen atoms in total. The van der Waals surface area contributed by atoms with Gasteiger partial charge >= 0.3 is 0 Å². The van der Waals surface area contributed by atoms with Crippen LogP contribution in [0.4, 0.5) is 0 Å². The van der Waals surface area contributed by atoms with E-state index in [-0.39, 0.29) is 0 Å². The summed E-state index contributed by atoms with van der Waals surface area (Å²) in [6.45, 7) is 0. The van der Waals surface area contributed by atoms with E-state index in [0.29, 0.717) is 5.82 Å². The average molecular weight is 522 g/mol. The van der Waals surface area contributed by atoms with Crippen LogP contribution in [0.1, 0.15) is 5.82 Å². The minimum atomic E-state index is 0.367. The minimum Gasteiger partial charge on any atom is -0.283 e. The third-order valence-corrected chi connectivity index (χ3v) is 8.04. The Balaban J connectivity index is 1.71. The van der Waals surface area contributed by atoms with Gasteiger partial charge in [0.1, 0.15) is 6.07 Å². The molecular formula is C38H23N3. The fourth-order valence-electron chi connectivity index (χ4n) is 6.35. The van der Waals surface area contributed by atoms with Gasteiger partial charge in [0.2, 0.25) is 5.82 Å². The third-order valence-electron chi connectivity index (χ3n) is 8.04. The maximum Gasteiger partial charge on any atom is 0.218 e. The predicted molar refractivity (Wildman–Crippen MR) is 169 cm³/mol. The van der Waals surface area contributed by atoms with E-state index in [9.17, 15) is 5.26 Å². The molecule has 41 heavy (non-hydrogen) atoms. The maximum absolute atomic E-state index is 10.3. The molecule has 0 aliphatic rings. The van der Waals surface area contributed by atoms with Crippen LogP contribution < -0.4 is 0 Å². The van der Waals surface area contributed by atoms with E-state index in [1.165, 1.54) is 32.3 Å². The van der Waals surface area contributed by atoms with Crippen molar-refractivity contribution < 1.29 is 0 Å². The van der Waals surface area contributed by atoms with Crippen LogP contribution >= 0.6 is 0 Å². The lowest BCUT2D eigenvalue weighted by atomic mass is 9.84. The molecule has 0 spiro atoms. The highest BCUT2D eigenvalue weighted by atomic mass is 15.1. The van der Waals surface area contributed by atoms with Crippen LogP contribution in [-0.2, 0) is 0 Å². The van der Waals surface area contributed by atoms with Gasteiger partial charge in [-0.05, 0) is 61.8 Å². The molecule has 0 atom stereocenters. The summed E-state index contributed by atoms with van der Waals surface area (Å²) in [5.41, 5.74) is 7.07. The van der Waals surface area contributed by atoms with Crippen molar-refractivity contribution in [2.24, 2.45) is 0 Å². The predicted octanol–water partition coefficient (Wildman–Crippen LogP) is 9.69. The van der Waals surface area contributed by atoms with Gasteiger partial charge in [-0.15, -0.1) is 0 Å². The Hall–Kier alpha value is -5.72. The first kappa shape index (κ1) is 23.2. The molecule has 0 aliphatic heterocycles. The summed E-state index contributed by atoms with van der Waals surface area (Å²) in [5, 5.41) is 17.5. The summed E-state index contributed by atoms with van der Waals surface area (Å²) in [6, 6.07) is 51.1. The number of benzene rings is 7. The van der Waals surface area contributed by atoms with E-state index in [2.05, 4.69) is 115 Å². The summed E-state index contributed by atoms with van der Waals surface area (Å²) in [5.74, 6) is 0.367. The Kier molecular flexibility index (Phi) is 5.20. The monoisotopic (exact) mass is 521 g/mol. The van der Waals surface area contributed by atoms with Crippen LogP contribution in [0.25, 0.3) is 71.3 Å². The number of nitrogens with zero attached hydrogens (tertiary/aromatic N) is 3. The van der Waals surface area contributed by atoms with Gasteiger partial charge in [0.25, 0.3) is 0 Å². The molecule has 0 radical (unpaired) electrons. The van der Waals surface area contributed by atoms with Crippen LogP contribution in [0.2, 0.25) is 0 Å². The van der Waals surface area contributed by atoms with Crippen molar-refractivity contribution in [1.29, 1.82) is 5.26 Å². The Morgan fingerprint density at radius 2 is 1.07 bits per heavy atom. The first-order valence-electron chi connectivity index (χ1n) is 13.7. The maximum atomic E-state index is 10.3. The lowest BCUT2D eigenvalue weighted by molar-refractivity contribution is 1.06. The van der Waals surface area contributed by atoms with E-state index >= 15 is 0 Å². The SMILES string of the molecule is N#Cc1nc2ccccc2n1-c1cc(-c2ccccc2)c2c3ccccc3c3ccccc3c2c1-c1ccccc1.